The molecule has 216 valence electrons. The predicted molar refractivity (Wildman–Crippen MR) is 152 cm³/mol. The summed E-state index contributed by atoms with van der Waals surface area (Å²) in [6.45, 7) is 3.77. The van der Waals surface area contributed by atoms with Crippen LogP contribution in [0.25, 0.3) is 22.4 Å². The first kappa shape index (κ1) is 28.9. The maximum atomic E-state index is 14.9. The molecule has 2 N–H and O–H groups in total. The molecule has 0 unspecified atom stereocenters. The Morgan fingerprint density at radius 1 is 1.27 bits per heavy atom. The smallest absolute Gasteiger partial charge is 0.308 e. The minimum absolute atomic E-state index is 0.0541. The number of pyridine rings is 1. The summed E-state index contributed by atoms with van der Waals surface area (Å²) >= 11 is 6.21. The van der Waals surface area contributed by atoms with Crippen molar-refractivity contribution >= 4 is 44.4 Å². The molecule has 1 saturated carbocycles. The first-order chi connectivity index (χ1) is 19.5. The fourth-order valence-corrected chi connectivity index (χ4v) is 6.62. The van der Waals surface area contributed by atoms with Gasteiger partial charge in [0.05, 0.1) is 34.7 Å². The van der Waals surface area contributed by atoms with Crippen LogP contribution in [0.1, 0.15) is 44.6 Å². The molecular weight excluding hydrogens is 573 g/mol. The Morgan fingerprint density at radius 3 is 2.76 bits per heavy atom. The van der Waals surface area contributed by atoms with Gasteiger partial charge in [0, 0.05) is 29.4 Å². The fraction of sp³-hybridized carbons (Fsp3) is 0.357. The summed E-state index contributed by atoms with van der Waals surface area (Å²) in [4.78, 5) is 24.9. The van der Waals surface area contributed by atoms with Gasteiger partial charge in [-0.3, -0.25) is 4.79 Å². The molecule has 1 aromatic carbocycles. The third kappa shape index (κ3) is 6.04. The first-order valence-corrected chi connectivity index (χ1v) is 15.0. The molecule has 0 aliphatic heterocycles. The van der Waals surface area contributed by atoms with Gasteiger partial charge in [-0.05, 0) is 57.7 Å². The van der Waals surface area contributed by atoms with Gasteiger partial charge in [-0.15, -0.1) is 0 Å². The van der Waals surface area contributed by atoms with E-state index in [0.29, 0.717) is 24.6 Å². The van der Waals surface area contributed by atoms with Gasteiger partial charge in [-0.2, -0.15) is 0 Å². The highest BCUT2D eigenvalue weighted by atomic mass is 35.5. The molecule has 5 rings (SSSR count). The van der Waals surface area contributed by atoms with E-state index in [2.05, 4.69) is 20.3 Å². The maximum absolute atomic E-state index is 14.9. The molecule has 3 aromatic heterocycles. The van der Waals surface area contributed by atoms with Crippen molar-refractivity contribution < 1.29 is 27.4 Å². The Hall–Kier alpha value is -3.61. The van der Waals surface area contributed by atoms with E-state index in [1.54, 1.807) is 25.1 Å². The van der Waals surface area contributed by atoms with Crippen molar-refractivity contribution in [2.24, 2.45) is 0 Å². The van der Waals surface area contributed by atoms with Gasteiger partial charge in [0.2, 0.25) is 0 Å². The number of hydrogen-bond acceptors (Lipinski definition) is 9. The number of benzene rings is 1. The number of anilines is 1. The molecule has 41 heavy (non-hydrogen) atoms. The Balaban J connectivity index is 1.50. The molecule has 0 spiro atoms. The van der Waals surface area contributed by atoms with E-state index < -0.39 is 27.4 Å². The van der Waals surface area contributed by atoms with Crippen molar-refractivity contribution in [3.8, 4) is 11.4 Å². The fourth-order valence-electron chi connectivity index (χ4n) is 5.14. The summed E-state index contributed by atoms with van der Waals surface area (Å²) in [7, 11) is -4.05. The van der Waals surface area contributed by atoms with E-state index in [-0.39, 0.29) is 58.3 Å². The number of aromatic nitrogens is 4. The van der Waals surface area contributed by atoms with Crippen LogP contribution in [0, 0.1) is 12.7 Å². The van der Waals surface area contributed by atoms with Crippen molar-refractivity contribution in [2.45, 2.75) is 62.5 Å². The minimum Gasteiger partial charge on any atom is -0.466 e. The van der Waals surface area contributed by atoms with Crippen LogP contribution >= 0.6 is 11.6 Å². The third-order valence-corrected chi connectivity index (χ3v) is 8.95. The third-order valence-electron chi connectivity index (χ3n) is 7.08. The molecule has 0 saturated heterocycles. The molecule has 13 heteroatoms. The van der Waals surface area contributed by atoms with E-state index in [4.69, 9.17) is 16.3 Å². The number of aryl methyl sites for hydroxylation is 1. The number of hydrogen-bond donors (Lipinski definition) is 2. The molecule has 3 heterocycles. The number of carbonyl (C=O) groups is 1. The SMILES string of the molecule is CCOC(=O)C[C@]1(O)CCC[C@H](Nc2nc(-c3cn(S(=O)(=O)c4ccc(C)cc4)c4ncc(Cl)cc34)ncc2F)C1. The summed E-state index contributed by atoms with van der Waals surface area (Å²) in [5, 5.41) is 14.7. The van der Waals surface area contributed by atoms with Gasteiger partial charge in [0.25, 0.3) is 10.0 Å². The molecule has 4 aromatic rings. The Labute approximate surface area is 241 Å². The van der Waals surface area contributed by atoms with Crippen LogP contribution in [-0.2, 0) is 19.6 Å². The van der Waals surface area contributed by atoms with Crippen molar-refractivity contribution in [3.05, 3.63) is 65.3 Å². The van der Waals surface area contributed by atoms with E-state index in [1.165, 1.54) is 24.5 Å². The van der Waals surface area contributed by atoms with E-state index in [0.717, 1.165) is 15.7 Å². The second-order valence-electron chi connectivity index (χ2n) is 10.2. The standard InChI is InChI=1S/C28H29ClFN5O5S/c1-3-40-24(36)13-28(37)10-4-5-19(12-28)33-26-23(30)15-31-25(34-26)22-16-35(27-21(22)11-18(29)14-32-27)41(38,39)20-8-6-17(2)7-9-20/h6-9,11,14-16,19,37H,3-5,10,12-13H2,1-2H3,(H,31,33,34)/t19-,28-/m0/s1. The highest BCUT2D eigenvalue weighted by Crippen LogP contribution is 2.35. The zero-order valence-corrected chi connectivity index (χ0v) is 24.0. The molecule has 10 nitrogen and oxygen atoms in total. The number of rotatable bonds is 8. The maximum Gasteiger partial charge on any atom is 0.308 e. The number of carbonyl (C=O) groups excluding carboxylic acids is 1. The molecule has 2 atom stereocenters. The number of fused-ring (bicyclic) bond motifs is 1. The summed E-state index contributed by atoms with van der Waals surface area (Å²) in [6.07, 6.45) is 5.38. The largest absolute Gasteiger partial charge is 0.466 e. The molecule has 1 aliphatic carbocycles. The lowest BCUT2D eigenvalue weighted by atomic mass is 9.79. The summed E-state index contributed by atoms with van der Waals surface area (Å²) in [6, 6.07) is 7.59. The zero-order valence-electron chi connectivity index (χ0n) is 22.5. The van der Waals surface area contributed by atoms with Gasteiger partial charge in [-0.1, -0.05) is 29.3 Å². The molecule has 1 fully saturated rings. The molecule has 0 bridgehead atoms. The predicted octanol–water partition coefficient (Wildman–Crippen LogP) is 4.87. The monoisotopic (exact) mass is 601 g/mol. The number of nitrogens with one attached hydrogen (secondary N) is 1. The summed E-state index contributed by atoms with van der Waals surface area (Å²) < 4.78 is 48.1. The van der Waals surface area contributed by atoms with Crippen LogP contribution in [0.5, 0.6) is 0 Å². The van der Waals surface area contributed by atoms with Gasteiger partial charge in [0.15, 0.2) is 23.1 Å². The van der Waals surface area contributed by atoms with E-state index in [9.17, 15) is 22.7 Å². The lowest BCUT2D eigenvalue weighted by Crippen LogP contribution is -2.42. The van der Waals surface area contributed by atoms with Crippen LogP contribution < -0.4 is 5.32 Å². The second-order valence-corrected chi connectivity index (χ2v) is 12.5. The van der Waals surface area contributed by atoms with Crippen LogP contribution in [0.3, 0.4) is 0 Å². The van der Waals surface area contributed by atoms with E-state index in [1.807, 2.05) is 6.92 Å². The molecular formula is C28H29ClFN5O5S. The highest BCUT2D eigenvalue weighted by Gasteiger charge is 2.37. The van der Waals surface area contributed by atoms with Gasteiger partial charge in [-0.25, -0.2) is 31.7 Å². The Bertz CT molecular complexity index is 1710. The van der Waals surface area contributed by atoms with Crippen LogP contribution in [0.4, 0.5) is 10.2 Å². The lowest BCUT2D eigenvalue weighted by Gasteiger charge is -2.36. The van der Waals surface area contributed by atoms with Crippen molar-refractivity contribution in [1.82, 2.24) is 18.9 Å². The number of halogens is 2. The number of nitrogens with zero attached hydrogens (tertiary/aromatic N) is 4. The van der Waals surface area contributed by atoms with Gasteiger partial charge >= 0.3 is 5.97 Å². The quantitative estimate of drug-likeness (QED) is 0.271. The Morgan fingerprint density at radius 2 is 2.02 bits per heavy atom. The second kappa shape index (κ2) is 11.3. The van der Waals surface area contributed by atoms with Gasteiger partial charge < -0.3 is 15.2 Å². The van der Waals surface area contributed by atoms with Crippen molar-refractivity contribution in [2.75, 3.05) is 11.9 Å². The van der Waals surface area contributed by atoms with Crippen LogP contribution in [0.15, 0.2) is 53.8 Å². The molecule has 1 aliphatic rings. The highest BCUT2D eigenvalue weighted by molar-refractivity contribution is 7.90. The minimum atomic E-state index is -4.05. The number of esters is 1. The summed E-state index contributed by atoms with van der Waals surface area (Å²) in [5.41, 5.74) is 0.0261. The number of ether oxygens (including phenoxy) is 1. The average molecular weight is 602 g/mol. The lowest BCUT2D eigenvalue weighted by molar-refractivity contribution is -0.150. The summed E-state index contributed by atoms with van der Waals surface area (Å²) in [5.74, 6) is -1.27. The number of aliphatic hydroxyl groups is 1. The molecule has 0 radical (unpaired) electrons. The van der Waals surface area contributed by atoms with Crippen molar-refractivity contribution in [1.29, 1.82) is 0 Å². The zero-order chi connectivity index (χ0) is 29.4. The molecule has 0 amide bonds. The van der Waals surface area contributed by atoms with Crippen molar-refractivity contribution in [3.63, 3.8) is 0 Å². The van der Waals surface area contributed by atoms with Crippen LogP contribution in [-0.4, -0.2) is 56.7 Å². The van der Waals surface area contributed by atoms with E-state index >= 15 is 0 Å². The Kier molecular flexibility index (Phi) is 8.00. The topological polar surface area (TPSA) is 136 Å². The normalized spacial score (nSPS) is 19.3. The van der Waals surface area contributed by atoms with Crippen LogP contribution in [0.2, 0.25) is 5.02 Å². The average Bonchev–Trinajstić information content (AvgIpc) is 3.29. The first-order valence-electron chi connectivity index (χ1n) is 13.2. The van der Waals surface area contributed by atoms with Gasteiger partial charge in [0.1, 0.15) is 0 Å².